The highest BCUT2D eigenvalue weighted by molar-refractivity contribution is 5.46. The Labute approximate surface area is 70.6 Å². The van der Waals surface area contributed by atoms with Gasteiger partial charge < -0.3 is 10.1 Å². The Hall–Kier alpha value is -1.58. The van der Waals surface area contributed by atoms with Crippen LogP contribution in [-0.2, 0) is 11.3 Å². The van der Waals surface area contributed by atoms with Crippen LogP contribution in [0.3, 0.4) is 0 Å². The number of nitrogens with one attached hydrogen (secondary N) is 1. The maximum Gasteiger partial charge on any atom is 0.218 e. The lowest BCUT2D eigenvalue weighted by molar-refractivity contribution is -0.109. The highest BCUT2D eigenvalue weighted by Crippen LogP contribution is 2.12. The minimum atomic E-state index is 0.445. The Kier molecular flexibility index (Phi) is 3.07. The second-order valence-electron chi connectivity index (χ2n) is 2.17. The number of methoxy groups -OCH3 is 1. The lowest BCUT2D eigenvalue weighted by Gasteiger charge is -2.04. The van der Waals surface area contributed by atoms with Gasteiger partial charge in [-0.3, -0.25) is 4.79 Å². The first kappa shape index (κ1) is 8.52. The van der Waals surface area contributed by atoms with Gasteiger partial charge in [0.15, 0.2) is 0 Å². The number of carbonyl (C=O) groups is 1. The van der Waals surface area contributed by atoms with E-state index in [1.807, 2.05) is 6.07 Å². The fraction of sp³-hybridized carbons (Fsp3) is 0.250. The summed E-state index contributed by atoms with van der Waals surface area (Å²) in [6, 6.07) is 3.65. The average molecular weight is 166 g/mol. The molecule has 1 aromatic heterocycles. The fourth-order valence-electron chi connectivity index (χ4n) is 0.894. The van der Waals surface area contributed by atoms with Crippen LogP contribution in [0.15, 0.2) is 18.3 Å². The van der Waals surface area contributed by atoms with Crippen LogP contribution in [0.25, 0.3) is 0 Å². The SMILES string of the molecule is COc1ncccc1CNC=O. The molecule has 12 heavy (non-hydrogen) atoms. The molecule has 0 spiro atoms. The van der Waals surface area contributed by atoms with Crippen molar-refractivity contribution in [2.75, 3.05) is 7.11 Å². The minimum Gasteiger partial charge on any atom is -0.481 e. The monoisotopic (exact) mass is 166 g/mol. The smallest absolute Gasteiger partial charge is 0.218 e. The molecule has 1 rings (SSSR count). The quantitative estimate of drug-likeness (QED) is 0.656. The molecule has 0 bridgehead atoms. The molecule has 0 aliphatic rings. The second kappa shape index (κ2) is 4.33. The van der Waals surface area contributed by atoms with E-state index in [-0.39, 0.29) is 0 Å². The van der Waals surface area contributed by atoms with Crippen molar-refractivity contribution in [3.8, 4) is 5.88 Å². The molecule has 64 valence electrons. The van der Waals surface area contributed by atoms with Crippen molar-refractivity contribution in [3.63, 3.8) is 0 Å². The Morgan fingerprint density at radius 1 is 1.75 bits per heavy atom. The van der Waals surface area contributed by atoms with Crippen molar-refractivity contribution < 1.29 is 9.53 Å². The van der Waals surface area contributed by atoms with E-state index in [1.54, 1.807) is 19.4 Å². The predicted molar refractivity (Wildman–Crippen MR) is 43.7 cm³/mol. The molecule has 4 nitrogen and oxygen atoms in total. The molecule has 1 N–H and O–H groups in total. The largest absolute Gasteiger partial charge is 0.481 e. The number of aromatic nitrogens is 1. The van der Waals surface area contributed by atoms with Gasteiger partial charge in [-0.25, -0.2) is 4.98 Å². The molecule has 0 aromatic carbocycles. The first-order valence-electron chi connectivity index (χ1n) is 3.53. The molecule has 0 aliphatic heterocycles. The van der Waals surface area contributed by atoms with E-state index in [4.69, 9.17) is 4.74 Å². The number of carbonyl (C=O) groups excluding carboxylic acids is 1. The van der Waals surface area contributed by atoms with Gasteiger partial charge in [0, 0.05) is 18.3 Å². The van der Waals surface area contributed by atoms with Crippen molar-refractivity contribution in [3.05, 3.63) is 23.9 Å². The highest BCUT2D eigenvalue weighted by atomic mass is 16.5. The van der Waals surface area contributed by atoms with Gasteiger partial charge in [0.25, 0.3) is 0 Å². The third-order valence-corrected chi connectivity index (χ3v) is 1.42. The van der Waals surface area contributed by atoms with Crippen LogP contribution in [-0.4, -0.2) is 18.5 Å². The summed E-state index contributed by atoms with van der Waals surface area (Å²) in [7, 11) is 1.55. The molecular weight excluding hydrogens is 156 g/mol. The number of hydrogen-bond acceptors (Lipinski definition) is 3. The van der Waals surface area contributed by atoms with Gasteiger partial charge in [0.1, 0.15) is 0 Å². The maximum absolute atomic E-state index is 10.0. The van der Waals surface area contributed by atoms with Gasteiger partial charge in [-0.05, 0) is 6.07 Å². The van der Waals surface area contributed by atoms with Gasteiger partial charge in [-0.15, -0.1) is 0 Å². The van der Waals surface area contributed by atoms with Gasteiger partial charge in [-0.1, -0.05) is 6.07 Å². The molecule has 1 heterocycles. The summed E-state index contributed by atoms with van der Waals surface area (Å²) in [6.07, 6.45) is 2.29. The van der Waals surface area contributed by atoms with Crippen LogP contribution in [0.2, 0.25) is 0 Å². The Bertz CT molecular complexity index is 263. The van der Waals surface area contributed by atoms with Crippen molar-refractivity contribution in [1.82, 2.24) is 10.3 Å². The molecular formula is C8H10N2O2. The van der Waals surface area contributed by atoms with E-state index >= 15 is 0 Å². The first-order chi connectivity index (χ1) is 5.88. The Morgan fingerprint density at radius 2 is 2.58 bits per heavy atom. The summed E-state index contributed by atoms with van der Waals surface area (Å²) >= 11 is 0. The van der Waals surface area contributed by atoms with Crippen molar-refractivity contribution >= 4 is 6.41 Å². The van der Waals surface area contributed by atoms with Gasteiger partial charge in [-0.2, -0.15) is 0 Å². The van der Waals surface area contributed by atoms with E-state index in [1.165, 1.54) is 0 Å². The average Bonchev–Trinajstić information content (AvgIpc) is 2.15. The zero-order valence-corrected chi connectivity index (χ0v) is 6.78. The second-order valence-corrected chi connectivity index (χ2v) is 2.17. The number of nitrogens with zero attached hydrogens (tertiary/aromatic N) is 1. The third kappa shape index (κ3) is 1.95. The number of hydrogen-bond donors (Lipinski definition) is 1. The number of rotatable bonds is 4. The van der Waals surface area contributed by atoms with Gasteiger partial charge in [0.05, 0.1) is 7.11 Å². The van der Waals surface area contributed by atoms with E-state index in [9.17, 15) is 4.79 Å². The summed E-state index contributed by atoms with van der Waals surface area (Å²) in [5.41, 5.74) is 0.868. The van der Waals surface area contributed by atoms with Crippen LogP contribution >= 0.6 is 0 Å². The summed E-state index contributed by atoms with van der Waals surface area (Å²) in [5, 5.41) is 2.54. The van der Waals surface area contributed by atoms with E-state index in [2.05, 4.69) is 10.3 Å². The lowest BCUT2D eigenvalue weighted by Crippen LogP contribution is -2.11. The summed E-state index contributed by atoms with van der Waals surface area (Å²) in [6.45, 7) is 0.445. The van der Waals surface area contributed by atoms with E-state index < -0.39 is 0 Å². The molecule has 4 heteroatoms. The minimum absolute atomic E-state index is 0.445. The molecule has 0 aliphatic carbocycles. The normalized spacial score (nSPS) is 9.08. The Morgan fingerprint density at radius 3 is 3.25 bits per heavy atom. The molecule has 0 unspecified atom stereocenters. The molecule has 0 saturated heterocycles. The summed E-state index contributed by atoms with van der Waals surface area (Å²) in [4.78, 5) is 14.0. The van der Waals surface area contributed by atoms with Gasteiger partial charge in [0.2, 0.25) is 12.3 Å². The fourth-order valence-corrected chi connectivity index (χ4v) is 0.894. The van der Waals surface area contributed by atoms with Crippen LogP contribution < -0.4 is 10.1 Å². The highest BCUT2D eigenvalue weighted by Gasteiger charge is 2.00. The molecule has 0 atom stereocenters. The molecule has 0 saturated carbocycles. The number of amides is 1. The van der Waals surface area contributed by atoms with Gasteiger partial charge >= 0.3 is 0 Å². The van der Waals surface area contributed by atoms with Crippen LogP contribution in [0.5, 0.6) is 5.88 Å². The van der Waals surface area contributed by atoms with E-state index in [0.717, 1.165) is 5.56 Å². The van der Waals surface area contributed by atoms with E-state index in [0.29, 0.717) is 18.8 Å². The lowest BCUT2D eigenvalue weighted by atomic mass is 10.3. The topological polar surface area (TPSA) is 51.2 Å². The molecule has 1 amide bonds. The zero-order valence-electron chi connectivity index (χ0n) is 6.78. The number of pyridine rings is 1. The molecule has 0 radical (unpaired) electrons. The summed E-state index contributed by atoms with van der Waals surface area (Å²) < 4.78 is 4.98. The first-order valence-corrected chi connectivity index (χ1v) is 3.53. The Balaban J connectivity index is 2.74. The number of ether oxygens (including phenoxy) is 1. The molecule has 0 fully saturated rings. The third-order valence-electron chi connectivity index (χ3n) is 1.42. The molecule has 1 aromatic rings. The van der Waals surface area contributed by atoms with Crippen LogP contribution in [0.1, 0.15) is 5.56 Å². The maximum atomic E-state index is 10.0. The summed E-state index contributed by atoms with van der Waals surface area (Å²) in [5.74, 6) is 0.548. The van der Waals surface area contributed by atoms with Crippen molar-refractivity contribution in [1.29, 1.82) is 0 Å². The van der Waals surface area contributed by atoms with Crippen molar-refractivity contribution in [2.45, 2.75) is 6.54 Å². The van der Waals surface area contributed by atoms with Crippen LogP contribution in [0.4, 0.5) is 0 Å². The zero-order chi connectivity index (χ0) is 8.81. The van der Waals surface area contributed by atoms with Crippen molar-refractivity contribution in [2.24, 2.45) is 0 Å². The predicted octanol–water partition coefficient (Wildman–Crippen LogP) is 0.336. The standard InChI is InChI=1S/C8H10N2O2/c1-12-8-7(5-9-6-11)3-2-4-10-8/h2-4,6H,5H2,1H3,(H,9,11). The van der Waals surface area contributed by atoms with Crippen LogP contribution in [0, 0.1) is 0 Å².